The predicted octanol–water partition coefficient (Wildman–Crippen LogP) is 4.63. The van der Waals surface area contributed by atoms with Crippen molar-refractivity contribution in [1.82, 2.24) is 9.78 Å². The van der Waals surface area contributed by atoms with Crippen LogP contribution in [0.5, 0.6) is 0 Å². The standard InChI is InChI=1S/C15H23BrN2O/c1-10(2)18-13(12(16)9-17-18)14(19)11-5-7-15(3,4)8-6-11/h9-11H,5-8H2,1-4H3. The third-order valence-electron chi connectivity index (χ3n) is 4.18. The Hall–Kier alpha value is -0.640. The van der Waals surface area contributed by atoms with Gasteiger partial charge in [0.25, 0.3) is 0 Å². The van der Waals surface area contributed by atoms with Crippen LogP contribution in [0.15, 0.2) is 10.7 Å². The number of carbonyl (C=O) groups is 1. The van der Waals surface area contributed by atoms with Gasteiger partial charge >= 0.3 is 0 Å². The van der Waals surface area contributed by atoms with E-state index in [2.05, 4.69) is 48.7 Å². The Labute approximate surface area is 123 Å². The summed E-state index contributed by atoms with van der Waals surface area (Å²) in [5, 5.41) is 4.31. The number of nitrogens with zero attached hydrogens (tertiary/aromatic N) is 2. The summed E-state index contributed by atoms with van der Waals surface area (Å²) in [6.07, 6.45) is 6.01. The van der Waals surface area contributed by atoms with Gasteiger partial charge in [-0.25, -0.2) is 0 Å². The van der Waals surface area contributed by atoms with Gasteiger partial charge < -0.3 is 0 Å². The number of ketones is 1. The van der Waals surface area contributed by atoms with Crippen LogP contribution in [0.25, 0.3) is 0 Å². The number of hydrogen-bond donors (Lipinski definition) is 0. The second-order valence-electron chi connectivity index (χ2n) is 6.68. The summed E-state index contributed by atoms with van der Waals surface area (Å²) in [5.41, 5.74) is 1.14. The zero-order valence-corrected chi connectivity index (χ0v) is 13.8. The largest absolute Gasteiger partial charge is 0.292 e. The predicted molar refractivity (Wildman–Crippen MR) is 80.4 cm³/mol. The summed E-state index contributed by atoms with van der Waals surface area (Å²) in [6.45, 7) is 8.70. The van der Waals surface area contributed by atoms with E-state index in [1.807, 2.05) is 4.68 Å². The summed E-state index contributed by atoms with van der Waals surface area (Å²) in [7, 11) is 0. The van der Waals surface area contributed by atoms with Crippen LogP contribution < -0.4 is 0 Å². The third kappa shape index (κ3) is 3.10. The number of Topliss-reactive ketones (excluding diaryl/α,β-unsaturated/α-hetero) is 1. The van der Waals surface area contributed by atoms with Crippen LogP contribution in [0.1, 0.15) is 69.9 Å². The van der Waals surface area contributed by atoms with Crippen molar-refractivity contribution in [2.45, 2.75) is 59.4 Å². The molecule has 0 bridgehead atoms. The van der Waals surface area contributed by atoms with Gasteiger partial charge in [-0.05, 0) is 60.9 Å². The van der Waals surface area contributed by atoms with Gasteiger partial charge in [-0.15, -0.1) is 0 Å². The number of halogens is 1. The zero-order valence-electron chi connectivity index (χ0n) is 12.2. The molecular weight excluding hydrogens is 304 g/mol. The Morgan fingerprint density at radius 2 is 2.00 bits per heavy atom. The summed E-state index contributed by atoms with van der Waals surface area (Å²) in [5.74, 6) is 0.423. The van der Waals surface area contributed by atoms with E-state index >= 15 is 0 Å². The third-order valence-corrected chi connectivity index (χ3v) is 4.76. The quantitative estimate of drug-likeness (QED) is 0.759. The molecule has 0 spiro atoms. The van der Waals surface area contributed by atoms with Gasteiger partial charge in [-0.1, -0.05) is 13.8 Å². The van der Waals surface area contributed by atoms with Crippen molar-refractivity contribution in [2.75, 3.05) is 0 Å². The molecule has 0 N–H and O–H groups in total. The number of aromatic nitrogens is 2. The first-order valence-electron chi connectivity index (χ1n) is 7.09. The van der Waals surface area contributed by atoms with E-state index in [1.54, 1.807) is 6.20 Å². The van der Waals surface area contributed by atoms with Crippen molar-refractivity contribution in [3.05, 3.63) is 16.4 Å². The molecule has 0 unspecified atom stereocenters. The van der Waals surface area contributed by atoms with Gasteiger partial charge in [0.05, 0.1) is 10.7 Å². The second kappa shape index (κ2) is 5.39. The maximum atomic E-state index is 12.7. The van der Waals surface area contributed by atoms with E-state index in [9.17, 15) is 4.79 Å². The minimum Gasteiger partial charge on any atom is -0.292 e. The molecule has 1 aliphatic rings. The van der Waals surface area contributed by atoms with Crippen molar-refractivity contribution < 1.29 is 4.79 Å². The molecule has 19 heavy (non-hydrogen) atoms. The second-order valence-corrected chi connectivity index (χ2v) is 7.54. The van der Waals surface area contributed by atoms with E-state index in [0.29, 0.717) is 5.41 Å². The number of carbonyl (C=O) groups excluding carboxylic acids is 1. The first-order valence-corrected chi connectivity index (χ1v) is 7.88. The lowest BCUT2D eigenvalue weighted by Crippen LogP contribution is -2.28. The molecule has 0 atom stereocenters. The molecule has 2 rings (SSSR count). The molecule has 1 heterocycles. The lowest BCUT2D eigenvalue weighted by atomic mass is 9.71. The highest BCUT2D eigenvalue weighted by Gasteiger charge is 2.33. The molecular formula is C15H23BrN2O. The number of hydrogen-bond acceptors (Lipinski definition) is 2. The Morgan fingerprint density at radius 1 is 1.42 bits per heavy atom. The fourth-order valence-corrected chi connectivity index (χ4v) is 3.29. The molecule has 0 saturated heterocycles. The van der Waals surface area contributed by atoms with E-state index in [1.165, 1.54) is 0 Å². The molecule has 0 aliphatic heterocycles. The molecule has 0 radical (unpaired) electrons. The van der Waals surface area contributed by atoms with Gasteiger partial charge in [-0.2, -0.15) is 5.10 Å². The molecule has 0 aromatic carbocycles. The van der Waals surface area contributed by atoms with Gasteiger partial charge in [0.15, 0.2) is 5.78 Å². The average molecular weight is 327 g/mol. The van der Waals surface area contributed by atoms with Crippen molar-refractivity contribution >= 4 is 21.7 Å². The Kier molecular flexibility index (Phi) is 4.19. The van der Waals surface area contributed by atoms with Crippen LogP contribution in [0.4, 0.5) is 0 Å². The highest BCUT2D eigenvalue weighted by atomic mass is 79.9. The molecule has 1 saturated carbocycles. The molecule has 1 aromatic heterocycles. The topological polar surface area (TPSA) is 34.9 Å². The summed E-state index contributed by atoms with van der Waals surface area (Å²) < 4.78 is 2.67. The molecule has 3 nitrogen and oxygen atoms in total. The van der Waals surface area contributed by atoms with E-state index < -0.39 is 0 Å². The molecule has 0 amide bonds. The fraction of sp³-hybridized carbons (Fsp3) is 0.733. The normalized spacial score (nSPS) is 19.9. The molecule has 4 heteroatoms. The summed E-state index contributed by atoms with van der Waals surface area (Å²) >= 11 is 3.47. The first kappa shape index (κ1) is 14.8. The van der Waals surface area contributed by atoms with Crippen molar-refractivity contribution in [2.24, 2.45) is 11.3 Å². The monoisotopic (exact) mass is 326 g/mol. The van der Waals surface area contributed by atoms with Crippen LogP contribution in [0, 0.1) is 11.3 Å². The van der Waals surface area contributed by atoms with E-state index in [4.69, 9.17) is 0 Å². The van der Waals surface area contributed by atoms with E-state index in [-0.39, 0.29) is 17.7 Å². The smallest absolute Gasteiger partial charge is 0.185 e. The van der Waals surface area contributed by atoms with Crippen molar-refractivity contribution in [3.63, 3.8) is 0 Å². The Bertz CT molecular complexity index is 466. The molecule has 1 aliphatic carbocycles. The highest BCUT2D eigenvalue weighted by molar-refractivity contribution is 9.10. The van der Waals surface area contributed by atoms with Crippen LogP contribution in [-0.2, 0) is 0 Å². The average Bonchev–Trinajstić information content (AvgIpc) is 2.70. The first-order chi connectivity index (χ1) is 8.82. The van der Waals surface area contributed by atoms with Gasteiger partial charge in [0.2, 0.25) is 0 Å². The Morgan fingerprint density at radius 3 is 2.53 bits per heavy atom. The lowest BCUT2D eigenvalue weighted by Gasteiger charge is -2.33. The van der Waals surface area contributed by atoms with Crippen molar-refractivity contribution in [3.8, 4) is 0 Å². The molecule has 106 valence electrons. The van der Waals surface area contributed by atoms with Crippen LogP contribution in [0.3, 0.4) is 0 Å². The fourth-order valence-electron chi connectivity index (χ4n) is 2.82. The van der Waals surface area contributed by atoms with Crippen molar-refractivity contribution in [1.29, 1.82) is 0 Å². The van der Waals surface area contributed by atoms with Gasteiger partial charge in [0.1, 0.15) is 5.69 Å². The van der Waals surface area contributed by atoms with Crippen LogP contribution >= 0.6 is 15.9 Å². The van der Waals surface area contributed by atoms with Crippen LogP contribution in [-0.4, -0.2) is 15.6 Å². The highest BCUT2D eigenvalue weighted by Crippen LogP contribution is 2.39. The van der Waals surface area contributed by atoms with Gasteiger partial charge in [-0.3, -0.25) is 9.48 Å². The van der Waals surface area contributed by atoms with E-state index in [0.717, 1.165) is 35.8 Å². The molecule has 1 aromatic rings. The maximum absolute atomic E-state index is 12.7. The summed E-state index contributed by atoms with van der Waals surface area (Å²) in [6, 6.07) is 0.213. The Balaban J connectivity index is 2.19. The zero-order chi connectivity index (χ0) is 14.2. The van der Waals surface area contributed by atoms with Crippen LogP contribution in [0.2, 0.25) is 0 Å². The summed E-state index contributed by atoms with van der Waals surface area (Å²) in [4.78, 5) is 12.7. The van der Waals surface area contributed by atoms with Gasteiger partial charge in [0, 0.05) is 12.0 Å². The lowest BCUT2D eigenvalue weighted by molar-refractivity contribution is 0.0824. The molecule has 1 fully saturated rings. The maximum Gasteiger partial charge on any atom is 0.185 e. The minimum atomic E-state index is 0.165. The number of rotatable bonds is 3. The SMILES string of the molecule is CC(C)n1ncc(Br)c1C(=O)C1CCC(C)(C)CC1. The minimum absolute atomic E-state index is 0.165.